The SMILES string of the molecule is C(/C=C/c1ccc(N(c2ccc(/C=C/C=C/c3ccccc3)cc2)c2ccc(-c3ccccc3)cc2)cc1)=C\c1ccccc1. The summed E-state index contributed by atoms with van der Waals surface area (Å²) in [6.45, 7) is 0. The van der Waals surface area contributed by atoms with Crippen molar-refractivity contribution in [2.45, 2.75) is 0 Å². The van der Waals surface area contributed by atoms with Crippen LogP contribution in [0.1, 0.15) is 22.3 Å². The zero-order valence-corrected chi connectivity index (χ0v) is 25.2. The minimum Gasteiger partial charge on any atom is -0.311 e. The standard InChI is InChI=1S/C44H35N/c1-4-14-36(15-5-1)18-10-12-20-38-24-30-42(31-25-38)45(44-34-28-41(29-35-44)40-22-8-3-9-23-40)43-32-26-39(27-33-43)21-13-11-19-37-16-6-2-7-17-37/h1-35H/b18-10+,19-11+,20-12+,21-13+. The highest BCUT2D eigenvalue weighted by Gasteiger charge is 2.12. The van der Waals surface area contributed by atoms with Gasteiger partial charge in [0.05, 0.1) is 0 Å². The van der Waals surface area contributed by atoms with Gasteiger partial charge in [0.1, 0.15) is 0 Å². The average molecular weight is 578 g/mol. The van der Waals surface area contributed by atoms with E-state index in [9.17, 15) is 0 Å². The van der Waals surface area contributed by atoms with Gasteiger partial charge in [-0.15, -0.1) is 0 Å². The molecule has 0 fully saturated rings. The van der Waals surface area contributed by atoms with Crippen molar-refractivity contribution >= 4 is 41.4 Å². The maximum atomic E-state index is 2.31. The third kappa shape index (κ3) is 8.13. The highest BCUT2D eigenvalue weighted by atomic mass is 15.1. The van der Waals surface area contributed by atoms with Crippen LogP contribution in [-0.4, -0.2) is 0 Å². The van der Waals surface area contributed by atoms with Crippen molar-refractivity contribution in [2.75, 3.05) is 4.90 Å². The Morgan fingerprint density at radius 2 is 0.556 bits per heavy atom. The van der Waals surface area contributed by atoms with Crippen LogP contribution in [-0.2, 0) is 0 Å². The molecule has 0 aliphatic rings. The Balaban J connectivity index is 1.23. The van der Waals surface area contributed by atoms with Crippen LogP contribution in [0.4, 0.5) is 17.1 Å². The molecule has 0 saturated carbocycles. The fourth-order valence-corrected chi connectivity index (χ4v) is 5.14. The highest BCUT2D eigenvalue weighted by Crippen LogP contribution is 2.36. The van der Waals surface area contributed by atoms with Crippen molar-refractivity contribution in [3.8, 4) is 11.1 Å². The summed E-state index contributed by atoms with van der Waals surface area (Å²) < 4.78 is 0. The van der Waals surface area contributed by atoms with Crippen LogP contribution in [0.2, 0.25) is 0 Å². The summed E-state index contributed by atoms with van der Waals surface area (Å²) in [6.07, 6.45) is 16.8. The van der Waals surface area contributed by atoms with Crippen LogP contribution in [0.15, 0.2) is 188 Å². The van der Waals surface area contributed by atoms with Gasteiger partial charge in [0.25, 0.3) is 0 Å². The molecule has 0 heterocycles. The van der Waals surface area contributed by atoms with E-state index in [1.54, 1.807) is 0 Å². The van der Waals surface area contributed by atoms with Gasteiger partial charge in [-0.2, -0.15) is 0 Å². The zero-order valence-electron chi connectivity index (χ0n) is 25.2. The van der Waals surface area contributed by atoms with Gasteiger partial charge in [-0.25, -0.2) is 0 Å². The summed E-state index contributed by atoms with van der Waals surface area (Å²) in [4.78, 5) is 2.31. The molecule has 0 saturated heterocycles. The van der Waals surface area contributed by atoms with Crippen molar-refractivity contribution in [1.29, 1.82) is 0 Å². The average Bonchev–Trinajstić information content (AvgIpc) is 3.11. The molecule has 0 spiro atoms. The molecule has 0 aliphatic carbocycles. The van der Waals surface area contributed by atoms with Gasteiger partial charge in [0.2, 0.25) is 0 Å². The molecular weight excluding hydrogens is 542 g/mol. The van der Waals surface area contributed by atoms with E-state index in [0.29, 0.717) is 0 Å². The molecule has 0 amide bonds. The Labute approximate surface area is 267 Å². The summed E-state index contributed by atoms with van der Waals surface area (Å²) in [7, 11) is 0. The van der Waals surface area contributed by atoms with Crippen LogP contribution in [0, 0.1) is 0 Å². The van der Waals surface area contributed by atoms with Crippen LogP contribution in [0.3, 0.4) is 0 Å². The van der Waals surface area contributed by atoms with Crippen molar-refractivity contribution in [1.82, 2.24) is 0 Å². The second kappa shape index (κ2) is 15.0. The Morgan fingerprint density at radius 1 is 0.267 bits per heavy atom. The maximum absolute atomic E-state index is 2.31. The lowest BCUT2D eigenvalue weighted by atomic mass is 10.0. The minimum atomic E-state index is 1.11. The second-order valence-corrected chi connectivity index (χ2v) is 10.7. The molecule has 0 aliphatic heterocycles. The van der Waals surface area contributed by atoms with Crippen LogP contribution >= 0.6 is 0 Å². The Kier molecular flexibility index (Phi) is 9.72. The molecule has 216 valence electrons. The van der Waals surface area contributed by atoms with Crippen molar-refractivity contribution in [3.63, 3.8) is 0 Å². The summed E-state index contributed by atoms with van der Waals surface area (Å²) in [5.41, 5.74) is 10.4. The predicted molar refractivity (Wildman–Crippen MR) is 196 cm³/mol. The number of nitrogens with zero attached hydrogens (tertiary/aromatic N) is 1. The van der Waals surface area contributed by atoms with Gasteiger partial charge >= 0.3 is 0 Å². The van der Waals surface area contributed by atoms with E-state index in [2.05, 4.69) is 205 Å². The molecule has 0 N–H and O–H groups in total. The molecule has 1 heteroatoms. The molecule has 45 heavy (non-hydrogen) atoms. The number of allylic oxidation sites excluding steroid dienone is 4. The topological polar surface area (TPSA) is 3.24 Å². The van der Waals surface area contributed by atoms with Crippen LogP contribution in [0.25, 0.3) is 35.4 Å². The third-order valence-corrected chi connectivity index (χ3v) is 7.51. The monoisotopic (exact) mass is 577 g/mol. The number of anilines is 3. The number of hydrogen-bond acceptors (Lipinski definition) is 1. The van der Waals surface area contributed by atoms with Gasteiger partial charge < -0.3 is 4.90 Å². The quantitative estimate of drug-likeness (QED) is 0.146. The fraction of sp³-hybridized carbons (Fsp3) is 0. The molecule has 6 rings (SSSR count). The normalized spacial score (nSPS) is 11.6. The van der Waals surface area contributed by atoms with Crippen molar-refractivity contribution in [2.24, 2.45) is 0 Å². The number of rotatable bonds is 10. The van der Waals surface area contributed by atoms with Gasteiger partial charge in [0, 0.05) is 17.1 Å². The van der Waals surface area contributed by atoms with Crippen molar-refractivity contribution in [3.05, 3.63) is 210 Å². The van der Waals surface area contributed by atoms with Gasteiger partial charge in [0.15, 0.2) is 0 Å². The van der Waals surface area contributed by atoms with Crippen molar-refractivity contribution < 1.29 is 0 Å². The largest absolute Gasteiger partial charge is 0.311 e. The first-order valence-electron chi connectivity index (χ1n) is 15.3. The molecule has 0 radical (unpaired) electrons. The van der Waals surface area contributed by atoms with E-state index in [-0.39, 0.29) is 0 Å². The molecule has 0 unspecified atom stereocenters. The predicted octanol–water partition coefficient (Wildman–Crippen LogP) is 12.3. The van der Waals surface area contributed by atoms with Gasteiger partial charge in [-0.3, -0.25) is 0 Å². The maximum Gasteiger partial charge on any atom is 0.0462 e. The van der Waals surface area contributed by atoms with E-state index in [0.717, 1.165) is 28.2 Å². The lowest BCUT2D eigenvalue weighted by Gasteiger charge is -2.26. The number of hydrogen-bond donors (Lipinski definition) is 0. The summed E-state index contributed by atoms with van der Waals surface area (Å²) >= 11 is 0. The van der Waals surface area contributed by atoms with E-state index >= 15 is 0 Å². The van der Waals surface area contributed by atoms with E-state index in [1.165, 1.54) is 22.3 Å². The number of benzene rings is 6. The second-order valence-electron chi connectivity index (χ2n) is 10.7. The molecule has 0 bridgehead atoms. The Morgan fingerprint density at radius 3 is 0.933 bits per heavy atom. The van der Waals surface area contributed by atoms with Crippen LogP contribution in [0.5, 0.6) is 0 Å². The third-order valence-electron chi connectivity index (χ3n) is 7.51. The molecule has 6 aromatic rings. The summed E-state index contributed by atoms with van der Waals surface area (Å²) in [5.74, 6) is 0. The summed E-state index contributed by atoms with van der Waals surface area (Å²) in [6, 6.07) is 57.4. The lowest BCUT2D eigenvalue weighted by molar-refractivity contribution is 1.28. The Bertz CT molecular complexity index is 1780. The lowest BCUT2D eigenvalue weighted by Crippen LogP contribution is -2.09. The molecule has 6 aromatic carbocycles. The van der Waals surface area contributed by atoms with E-state index < -0.39 is 0 Å². The molecule has 0 aromatic heterocycles. The molecule has 1 nitrogen and oxygen atoms in total. The first-order chi connectivity index (χ1) is 22.3. The first-order valence-corrected chi connectivity index (χ1v) is 15.3. The molecular formula is C44H35N. The van der Waals surface area contributed by atoms with Gasteiger partial charge in [-0.05, 0) is 69.8 Å². The fourth-order valence-electron chi connectivity index (χ4n) is 5.14. The zero-order chi connectivity index (χ0) is 30.5. The highest BCUT2D eigenvalue weighted by molar-refractivity contribution is 5.79. The smallest absolute Gasteiger partial charge is 0.0462 e. The minimum absolute atomic E-state index is 1.11. The summed E-state index contributed by atoms with van der Waals surface area (Å²) in [5, 5.41) is 0. The first kappa shape index (κ1) is 29.2. The van der Waals surface area contributed by atoms with Gasteiger partial charge in [-0.1, -0.05) is 176 Å². The van der Waals surface area contributed by atoms with E-state index in [1.807, 2.05) is 12.1 Å². The van der Waals surface area contributed by atoms with Crippen LogP contribution < -0.4 is 4.90 Å². The molecule has 0 atom stereocenters. The van der Waals surface area contributed by atoms with E-state index in [4.69, 9.17) is 0 Å². The Hall–Kier alpha value is -5.92.